The molecule has 0 bridgehead atoms. The maximum Gasteiger partial charge on any atom is 0.272 e. The largest absolute Gasteiger partial charge is 0.354 e. The average molecular weight is 342 g/mol. The summed E-state index contributed by atoms with van der Waals surface area (Å²) in [5, 5.41) is 12.0. The molecule has 26 heavy (non-hydrogen) atoms. The summed E-state index contributed by atoms with van der Waals surface area (Å²) < 4.78 is 0. The van der Waals surface area contributed by atoms with Crippen molar-refractivity contribution in [2.24, 2.45) is 0 Å². The van der Waals surface area contributed by atoms with Crippen molar-refractivity contribution in [1.82, 2.24) is 9.88 Å². The number of anilines is 2. The maximum atomic E-state index is 12.5. The SMILES string of the molecule is CN(Cc1ccccc1)C(=O)c1ccc(Nc2ccc(C#N)cc2)cn1. The Morgan fingerprint density at radius 3 is 2.35 bits per heavy atom. The van der Waals surface area contributed by atoms with Gasteiger partial charge in [-0.2, -0.15) is 5.26 Å². The minimum absolute atomic E-state index is 0.126. The first-order valence-electron chi connectivity index (χ1n) is 8.18. The van der Waals surface area contributed by atoms with E-state index in [-0.39, 0.29) is 5.91 Å². The Hall–Kier alpha value is -3.65. The normalized spacial score (nSPS) is 10.0. The lowest BCUT2D eigenvalue weighted by molar-refractivity contribution is 0.0779. The molecule has 1 heterocycles. The predicted octanol–water partition coefficient (Wildman–Crippen LogP) is 3.97. The van der Waals surface area contributed by atoms with Crippen molar-refractivity contribution in [3.8, 4) is 6.07 Å². The summed E-state index contributed by atoms with van der Waals surface area (Å²) in [5.74, 6) is -0.126. The highest BCUT2D eigenvalue weighted by Gasteiger charge is 2.13. The minimum atomic E-state index is -0.126. The second-order valence-electron chi connectivity index (χ2n) is 5.89. The number of amides is 1. The quantitative estimate of drug-likeness (QED) is 0.762. The van der Waals surface area contributed by atoms with E-state index in [2.05, 4.69) is 16.4 Å². The lowest BCUT2D eigenvalue weighted by atomic mass is 10.2. The van der Waals surface area contributed by atoms with E-state index in [0.717, 1.165) is 16.9 Å². The molecule has 128 valence electrons. The van der Waals surface area contributed by atoms with E-state index in [1.807, 2.05) is 48.5 Å². The molecule has 3 aromatic rings. The number of aromatic nitrogens is 1. The van der Waals surface area contributed by atoms with E-state index in [1.165, 1.54) is 0 Å². The Balaban J connectivity index is 1.64. The van der Waals surface area contributed by atoms with Crippen LogP contribution in [0, 0.1) is 11.3 Å². The maximum absolute atomic E-state index is 12.5. The predicted molar refractivity (Wildman–Crippen MR) is 101 cm³/mol. The number of nitrogens with one attached hydrogen (secondary N) is 1. The molecule has 3 rings (SSSR count). The van der Waals surface area contributed by atoms with Gasteiger partial charge in [0.25, 0.3) is 5.91 Å². The number of nitrogens with zero attached hydrogens (tertiary/aromatic N) is 3. The minimum Gasteiger partial charge on any atom is -0.354 e. The molecular weight excluding hydrogens is 324 g/mol. The third-order valence-corrected chi connectivity index (χ3v) is 3.89. The standard InChI is InChI=1S/C21H18N4O/c1-25(15-17-5-3-2-4-6-17)21(26)20-12-11-19(14-23-20)24-18-9-7-16(13-22)8-10-18/h2-12,14,24H,15H2,1H3. The first-order valence-corrected chi connectivity index (χ1v) is 8.18. The summed E-state index contributed by atoms with van der Waals surface area (Å²) in [6.07, 6.45) is 1.63. The van der Waals surface area contributed by atoms with E-state index in [0.29, 0.717) is 17.8 Å². The highest BCUT2D eigenvalue weighted by molar-refractivity contribution is 5.92. The third kappa shape index (κ3) is 4.25. The summed E-state index contributed by atoms with van der Waals surface area (Å²) >= 11 is 0. The van der Waals surface area contributed by atoms with E-state index >= 15 is 0 Å². The fourth-order valence-electron chi connectivity index (χ4n) is 2.51. The van der Waals surface area contributed by atoms with Crippen LogP contribution in [-0.4, -0.2) is 22.8 Å². The van der Waals surface area contributed by atoms with E-state index in [4.69, 9.17) is 5.26 Å². The van der Waals surface area contributed by atoms with Crippen molar-refractivity contribution in [2.75, 3.05) is 12.4 Å². The Morgan fingerprint density at radius 1 is 1.04 bits per heavy atom. The highest BCUT2D eigenvalue weighted by Crippen LogP contribution is 2.17. The monoisotopic (exact) mass is 342 g/mol. The van der Waals surface area contributed by atoms with Crippen LogP contribution in [0.4, 0.5) is 11.4 Å². The molecule has 0 spiro atoms. The zero-order valence-corrected chi connectivity index (χ0v) is 14.4. The van der Waals surface area contributed by atoms with Gasteiger partial charge in [-0.25, -0.2) is 4.98 Å². The summed E-state index contributed by atoms with van der Waals surface area (Å²) in [7, 11) is 1.76. The number of nitriles is 1. The molecule has 0 aliphatic rings. The van der Waals surface area contributed by atoms with Crippen LogP contribution in [0.3, 0.4) is 0 Å². The Kier molecular flexibility index (Phi) is 5.25. The topological polar surface area (TPSA) is 69.0 Å². The summed E-state index contributed by atoms with van der Waals surface area (Å²) in [6.45, 7) is 0.534. The number of carbonyl (C=O) groups is 1. The Bertz CT molecular complexity index is 913. The fourth-order valence-corrected chi connectivity index (χ4v) is 2.51. The number of rotatable bonds is 5. The van der Waals surface area contributed by atoms with Gasteiger partial charge in [0.1, 0.15) is 5.69 Å². The van der Waals surface area contributed by atoms with Gasteiger partial charge in [0.15, 0.2) is 0 Å². The number of hydrogen-bond donors (Lipinski definition) is 1. The van der Waals surface area contributed by atoms with Gasteiger partial charge in [0.05, 0.1) is 23.5 Å². The molecule has 0 saturated heterocycles. The van der Waals surface area contributed by atoms with Gasteiger partial charge in [0.2, 0.25) is 0 Å². The lowest BCUT2D eigenvalue weighted by Crippen LogP contribution is -2.26. The van der Waals surface area contributed by atoms with Crippen LogP contribution in [-0.2, 0) is 6.54 Å². The van der Waals surface area contributed by atoms with Crippen LogP contribution in [0.1, 0.15) is 21.6 Å². The molecule has 2 aromatic carbocycles. The first-order chi connectivity index (χ1) is 12.7. The molecule has 0 unspecified atom stereocenters. The first kappa shape index (κ1) is 17.2. The molecule has 5 heteroatoms. The van der Waals surface area contributed by atoms with Crippen molar-refractivity contribution >= 4 is 17.3 Å². The van der Waals surface area contributed by atoms with Gasteiger partial charge in [-0.1, -0.05) is 30.3 Å². The van der Waals surface area contributed by atoms with E-state index in [1.54, 1.807) is 36.3 Å². The van der Waals surface area contributed by atoms with Gasteiger partial charge in [-0.05, 0) is 42.0 Å². The van der Waals surface area contributed by atoms with Crippen LogP contribution in [0.5, 0.6) is 0 Å². The van der Waals surface area contributed by atoms with Crippen LogP contribution in [0.2, 0.25) is 0 Å². The van der Waals surface area contributed by atoms with Crippen molar-refractivity contribution in [3.63, 3.8) is 0 Å². The summed E-state index contributed by atoms with van der Waals surface area (Å²) in [5.41, 5.74) is 3.70. The van der Waals surface area contributed by atoms with E-state index in [9.17, 15) is 4.79 Å². The van der Waals surface area contributed by atoms with Gasteiger partial charge >= 0.3 is 0 Å². The van der Waals surface area contributed by atoms with Crippen molar-refractivity contribution in [3.05, 3.63) is 89.7 Å². The number of pyridine rings is 1. The molecule has 1 aromatic heterocycles. The van der Waals surface area contributed by atoms with Crippen molar-refractivity contribution < 1.29 is 4.79 Å². The van der Waals surface area contributed by atoms with Gasteiger partial charge in [-0.15, -0.1) is 0 Å². The summed E-state index contributed by atoms with van der Waals surface area (Å²) in [6, 6.07) is 22.6. The van der Waals surface area contributed by atoms with Crippen LogP contribution < -0.4 is 5.32 Å². The van der Waals surface area contributed by atoms with E-state index < -0.39 is 0 Å². The number of benzene rings is 2. The van der Waals surface area contributed by atoms with Crippen molar-refractivity contribution in [2.45, 2.75) is 6.54 Å². The molecule has 0 atom stereocenters. The average Bonchev–Trinajstić information content (AvgIpc) is 2.69. The molecule has 0 aliphatic carbocycles. The second kappa shape index (κ2) is 7.95. The van der Waals surface area contributed by atoms with Crippen LogP contribution >= 0.6 is 0 Å². The Labute approximate surface area is 152 Å². The molecular formula is C21H18N4O. The number of hydrogen-bond acceptors (Lipinski definition) is 4. The van der Waals surface area contributed by atoms with Crippen LogP contribution in [0.25, 0.3) is 0 Å². The molecule has 5 nitrogen and oxygen atoms in total. The van der Waals surface area contributed by atoms with Crippen LogP contribution in [0.15, 0.2) is 72.9 Å². The molecule has 1 amide bonds. The molecule has 0 aliphatic heterocycles. The molecule has 0 fully saturated rings. The molecule has 0 saturated carbocycles. The highest BCUT2D eigenvalue weighted by atomic mass is 16.2. The van der Waals surface area contributed by atoms with Gasteiger partial charge in [0, 0.05) is 19.3 Å². The van der Waals surface area contributed by atoms with Gasteiger partial charge in [-0.3, -0.25) is 4.79 Å². The third-order valence-electron chi connectivity index (χ3n) is 3.89. The fraction of sp³-hybridized carbons (Fsp3) is 0.0952. The van der Waals surface area contributed by atoms with Crippen molar-refractivity contribution in [1.29, 1.82) is 5.26 Å². The Morgan fingerprint density at radius 2 is 1.73 bits per heavy atom. The smallest absolute Gasteiger partial charge is 0.272 e. The zero-order valence-electron chi connectivity index (χ0n) is 14.4. The molecule has 0 radical (unpaired) electrons. The summed E-state index contributed by atoms with van der Waals surface area (Å²) in [4.78, 5) is 18.4. The lowest BCUT2D eigenvalue weighted by Gasteiger charge is -2.17. The van der Waals surface area contributed by atoms with Gasteiger partial charge < -0.3 is 10.2 Å². The molecule has 1 N–H and O–H groups in total. The number of carbonyl (C=O) groups excluding carboxylic acids is 1. The second-order valence-corrected chi connectivity index (χ2v) is 5.89. The zero-order chi connectivity index (χ0) is 18.4.